The summed E-state index contributed by atoms with van der Waals surface area (Å²) in [6.45, 7) is 8.71. The summed E-state index contributed by atoms with van der Waals surface area (Å²) in [6.07, 6.45) is 6.07. The first-order valence-electron chi connectivity index (χ1n) is 6.59. The third kappa shape index (κ3) is 4.51. The average molecular weight is 223 g/mol. The van der Waals surface area contributed by atoms with E-state index >= 15 is 0 Å². The number of unbranched alkanes of at least 4 members (excludes halogenated alkanes) is 1. The summed E-state index contributed by atoms with van der Waals surface area (Å²) in [6, 6.07) is 2.38. The lowest BCUT2D eigenvalue weighted by molar-refractivity contribution is 0.317. The first-order chi connectivity index (χ1) is 7.70. The zero-order chi connectivity index (χ0) is 11.9. The Morgan fingerprint density at radius 1 is 1.31 bits per heavy atom. The second kappa shape index (κ2) is 6.88. The Morgan fingerprint density at radius 3 is 2.56 bits per heavy atom. The predicted molar refractivity (Wildman–Crippen MR) is 67.2 cm³/mol. The molecule has 1 fully saturated rings. The Labute approximate surface area is 99.8 Å². The molecule has 1 atom stereocenters. The molecule has 0 aromatic heterocycles. The molecular weight excluding hydrogens is 198 g/mol. The van der Waals surface area contributed by atoms with E-state index in [1.165, 1.54) is 38.9 Å². The van der Waals surface area contributed by atoms with E-state index in [0.29, 0.717) is 0 Å². The van der Waals surface area contributed by atoms with Gasteiger partial charge in [0, 0.05) is 0 Å². The van der Waals surface area contributed by atoms with E-state index in [1.807, 2.05) is 6.92 Å². The maximum atomic E-state index is 9.10. The van der Waals surface area contributed by atoms with Gasteiger partial charge in [-0.05, 0) is 65.2 Å². The first-order valence-corrected chi connectivity index (χ1v) is 6.59. The van der Waals surface area contributed by atoms with Gasteiger partial charge in [0.15, 0.2) is 0 Å². The maximum Gasteiger partial charge on any atom is 0.103 e. The first kappa shape index (κ1) is 13.5. The number of hydrogen-bond acceptors (Lipinski definition) is 3. The van der Waals surface area contributed by atoms with Gasteiger partial charge in [0.1, 0.15) is 5.54 Å². The summed E-state index contributed by atoms with van der Waals surface area (Å²) in [5, 5.41) is 12.4. The number of nitrogens with one attached hydrogen (secondary N) is 1. The highest BCUT2D eigenvalue weighted by Crippen LogP contribution is 2.14. The van der Waals surface area contributed by atoms with Gasteiger partial charge in [-0.15, -0.1) is 0 Å². The molecule has 1 N–H and O–H groups in total. The third-order valence-electron chi connectivity index (χ3n) is 3.41. The van der Waals surface area contributed by atoms with Crippen molar-refractivity contribution < 1.29 is 0 Å². The van der Waals surface area contributed by atoms with Crippen molar-refractivity contribution in [3.63, 3.8) is 0 Å². The van der Waals surface area contributed by atoms with Crippen LogP contribution in [0.3, 0.4) is 0 Å². The molecule has 0 aromatic rings. The highest BCUT2D eigenvalue weighted by Gasteiger charge is 2.21. The number of nitrogens with zero attached hydrogens (tertiary/aromatic N) is 2. The number of likely N-dealkylation sites (tertiary alicyclic amines) is 1. The van der Waals surface area contributed by atoms with Crippen molar-refractivity contribution in [1.82, 2.24) is 10.2 Å². The van der Waals surface area contributed by atoms with Crippen LogP contribution in [0.4, 0.5) is 0 Å². The fourth-order valence-corrected chi connectivity index (χ4v) is 2.39. The minimum Gasteiger partial charge on any atom is -0.303 e. The van der Waals surface area contributed by atoms with Crippen LogP contribution in [-0.2, 0) is 0 Å². The van der Waals surface area contributed by atoms with E-state index in [-0.39, 0.29) is 5.54 Å². The molecule has 0 bridgehead atoms. The number of nitriles is 1. The standard InChI is InChI=1S/C13H25N3/c1-3-15-13(2,12-14)8-4-5-9-16-10-6-7-11-16/h15H,3-11H2,1-2H3. The minimum absolute atomic E-state index is 0.320. The van der Waals surface area contributed by atoms with Gasteiger partial charge in [-0.2, -0.15) is 5.26 Å². The Balaban J connectivity index is 2.11. The lowest BCUT2D eigenvalue weighted by Crippen LogP contribution is -2.40. The van der Waals surface area contributed by atoms with Crippen molar-refractivity contribution >= 4 is 0 Å². The van der Waals surface area contributed by atoms with E-state index in [2.05, 4.69) is 23.2 Å². The molecular formula is C13H25N3. The van der Waals surface area contributed by atoms with Gasteiger partial charge in [-0.1, -0.05) is 6.92 Å². The van der Waals surface area contributed by atoms with Crippen molar-refractivity contribution in [3.05, 3.63) is 0 Å². The lowest BCUT2D eigenvalue weighted by atomic mass is 9.96. The van der Waals surface area contributed by atoms with Crippen molar-refractivity contribution in [2.75, 3.05) is 26.2 Å². The largest absolute Gasteiger partial charge is 0.303 e. The zero-order valence-electron chi connectivity index (χ0n) is 10.8. The van der Waals surface area contributed by atoms with E-state index in [9.17, 15) is 0 Å². The second-order valence-corrected chi connectivity index (χ2v) is 4.98. The summed E-state index contributed by atoms with van der Waals surface area (Å²) in [5.41, 5.74) is -0.320. The predicted octanol–water partition coefficient (Wildman–Crippen LogP) is 2.14. The summed E-state index contributed by atoms with van der Waals surface area (Å²) in [5.74, 6) is 0. The van der Waals surface area contributed by atoms with Crippen LogP contribution in [-0.4, -0.2) is 36.6 Å². The van der Waals surface area contributed by atoms with Gasteiger partial charge in [0.25, 0.3) is 0 Å². The fraction of sp³-hybridized carbons (Fsp3) is 0.923. The van der Waals surface area contributed by atoms with Crippen molar-refractivity contribution in [3.8, 4) is 6.07 Å². The highest BCUT2D eigenvalue weighted by molar-refractivity contribution is 5.03. The van der Waals surface area contributed by atoms with Crippen molar-refractivity contribution in [2.24, 2.45) is 0 Å². The van der Waals surface area contributed by atoms with Gasteiger partial charge in [0.2, 0.25) is 0 Å². The van der Waals surface area contributed by atoms with E-state index in [4.69, 9.17) is 5.26 Å². The van der Waals surface area contributed by atoms with Gasteiger partial charge in [-0.25, -0.2) is 0 Å². The molecule has 3 heteroatoms. The van der Waals surface area contributed by atoms with Crippen LogP contribution in [0.15, 0.2) is 0 Å². The average Bonchev–Trinajstić information content (AvgIpc) is 2.78. The monoisotopic (exact) mass is 223 g/mol. The van der Waals surface area contributed by atoms with Crippen molar-refractivity contribution in [2.45, 2.75) is 51.5 Å². The topological polar surface area (TPSA) is 39.1 Å². The Morgan fingerprint density at radius 2 is 2.00 bits per heavy atom. The second-order valence-electron chi connectivity index (χ2n) is 4.98. The molecule has 92 valence electrons. The van der Waals surface area contributed by atoms with Crippen LogP contribution < -0.4 is 5.32 Å². The third-order valence-corrected chi connectivity index (χ3v) is 3.41. The fourth-order valence-electron chi connectivity index (χ4n) is 2.39. The molecule has 0 spiro atoms. The van der Waals surface area contributed by atoms with E-state index in [0.717, 1.165) is 19.4 Å². The quantitative estimate of drug-likeness (QED) is 0.672. The molecule has 1 unspecified atom stereocenters. The van der Waals surface area contributed by atoms with Crippen molar-refractivity contribution in [1.29, 1.82) is 5.26 Å². The van der Waals surface area contributed by atoms with Gasteiger partial charge < -0.3 is 4.90 Å². The van der Waals surface area contributed by atoms with Gasteiger partial charge in [0.05, 0.1) is 6.07 Å². The molecule has 1 aliphatic rings. The summed E-state index contributed by atoms with van der Waals surface area (Å²) in [4.78, 5) is 2.54. The van der Waals surface area contributed by atoms with Crippen LogP contribution in [0.25, 0.3) is 0 Å². The molecule has 1 heterocycles. The maximum absolute atomic E-state index is 9.10. The lowest BCUT2D eigenvalue weighted by Gasteiger charge is -2.23. The Kier molecular flexibility index (Phi) is 5.79. The molecule has 0 saturated carbocycles. The van der Waals surface area contributed by atoms with Crippen LogP contribution in [0.5, 0.6) is 0 Å². The molecule has 1 rings (SSSR count). The normalized spacial score (nSPS) is 20.6. The molecule has 16 heavy (non-hydrogen) atoms. The number of hydrogen-bond donors (Lipinski definition) is 1. The van der Waals surface area contributed by atoms with Crippen LogP contribution in [0, 0.1) is 11.3 Å². The number of rotatable bonds is 7. The Bertz CT molecular complexity index is 228. The van der Waals surface area contributed by atoms with E-state index < -0.39 is 0 Å². The molecule has 3 nitrogen and oxygen atoms in total. The van der Waals surface area contributed by atoms with E-state index in [1.54, 1.807) is 0 Å². The van der Waals surface area contributed by atoms with Crippen LogP contribution in [0.2, 0.25) is 0 Å². The molecule has 0 amide bonds. The summed E-state index contributed by atoms with van der Waals surface area (Å²) in [7, 11) is 0. The SMILES string of the molecule is CCNC(C)(C#N)CCCCN1CCCC1. The highest BCUT2D eigenvalue weighted by atomic mass is 15.1. The Hall–Kier alpha value is -0.590. The smallest absolute Gasteiger partial charge is 0.103 e. The van der Waals surface area contributed by atoms with Crippen LogP contribution in [0.1, 0.15) is 46.0 Å². The molecule has 1 saturated heterocycles. The molecule has 0 radical (unpaired) electrons. The zero-order valence-corrected chi connectivity index (χ0v) is 10.8. The summed E-state index contributed by atoms with van der Waals surface area (Å²) >= 11 is 0. The van der Waals surface area contributed by atoms with Crippen LogP contribution >= 0.6 is 0 Å². The molecule has 0 aromatic carbocycles. The van der Waals surface area contributed by atoms with Gasteiger partial charge in [-0.3, -0.25) is 5.32 Å². The molecule has 1 aliphatic heterocycles. The minimum atomic E-state index is -0.320. The summed E-state index contributed by atoms with van der Waals surface area (Å²) < 4.78 is 0. The molecule has 0 aliphatic carbocycles. The van der Waals surface area contributed by atoms with Gasteiger partial charge >= 0.3 is 0 Å².